The van der Waals surface area contributed by atoms with Crippen LogP contribution < -0.4 is 0 Å². The Labute approximate surface area is 115 Å². The van der Waals surface area contributed by atoms with E-state index >= 15 is 0 Å². The first kappa shape index (κ1) is 13.4. The summed E-state index contributed by atoms with van der Waals surface area (Å²) >= 11 is 3.40. The number of carbonyl (C=O) groups is 1. The van der Waals surface area contributed by atoms with Crippen LogP contribution in [0.15, 0.2) is 16.6 Å². The summed E-state index contributed by atoms with van der Waals surface area (Å²) in [4.78, 5) is 11.8. The van der Waals surface area contributed by atoms with Gasteiger partial charge in [-0.05, 0) is 31.4 Å². The Balaban J connectivity index is 2.63. The monoisotopic (exact) mass is 312 g/mol. The first-order chi connectivity index (χ1) is 8.49. The molecular weight excluding hydrogens is 296 g/mol. The predicted molar refractivity (Wildman–Crippen MR) is 72.9 cm³/mol. The quantitative estimate of drug-likeness (QED) is 0.874. The Morgan fingerprint density at radius 3 is 2.44 bits per heavy atom. The number of carboxylic acids is 1. The number of halogens is 1. The largest absolute Gasteiger partial charge is 0.507 e. The molecule has 0 heterocycles. The van der Waals surface area contributed by atoms with Gasteiger partial charge in [-0.15, -0.1) is 0 Å². The van der Waals surface area contributed by atoms with Crippen LogP contribution in [-0.4, -0.2) is 16.2 Å². The molecule has 0 spiro atoms. The lowest BCUT2D eigenvalue weighted by Crippen LogP contribution is -2.38. The zero-order valence-corrected chi connectivity index (χ0v) is 12.0. The van der Waals surface area contributed by atoms with E-state index in [2.05, 4.69) is 15.9 Å². The molecule has 1 aromatic carbocycles. The highest BCUT2D eigenvalue weighted by molar-refractivity contribution is 9.10. The molecule has 0 aliphatic heterocycles. The van der Waals surface area contributed by atoms with Gasteiger partial charge >= 0.3 is 5.97 Å². The number of aryl methyl sites for hydroxylation is 1. The van der Waals surface area contributed by atoms with Crippen LogP contribution in [0.1, 0.15) is 43.2 Å². The number of aromatic hydroxyl groups is 1. The van der Waals surface area contributed by atoms with Crippen molar-refractivity contribution in [3.05, 3.63) is 27.7 Å². The molecule has 2 rings (SSSR count). The van der Waals surface area contributed by atoms with Crippen LogP contribution in [0.3, 0.4) is 0 Å². The Bertz CT molecular complexity index is 476. The second-order valence-electron chi connectivity index (χ2n) is 5.04. The van der Waals surface area contributed by atoms with Gasteiger partial charge < -0.3 is 10.2 Å². The summed E-state index contributed by atoms with van der Waals surface area (Å²) in [5.74, 6) is -0.711. The normalized spacial score (nSPS) is 18.6. The van der Waals surface area contributed by atoms with E-state index in [9.17, 15) is 15.0 Å². The van der Waals surface area contributed by atoms with Crippen molar-refractivity contribution in [3.63, 3.8) is 0 Å². The van der Waals surface area contributed by atoms with E-state index in [0.717, 1.165) is 24.8 Å². The van der Waals surface area contributed by atoms with Crippen molar-refractivity contribution in [3.8, 4) is 5.75 Å². The Morgan fingerprint density at radius 1 is 1.28 bits per heavy atom. The van der Waals surface area contributed by atoms with Gasteiger partial charge in [0.2, 0.25) is 0 Å². The van der Waals surface area contributed by atoms with E-state index in [4.69, 9.17) is 0 Å². The zero-order chi connectivity index (χ0) is 13.3. The average molecular weight is 313 g/mol. The van der Waals surface area contributed by atoms with E-state index in [1.165, 1.54) is 0 Å². The van der Waals surface area contributed by atoms with Gasteiger partial charge in [0.05, 0.1) is 5.41 Å². The van der Waals surface area contributed by atoms with Crippen molar-refractivity contribution in [1.29, 1.82) is 0 Å². The highest BCUT2D eigenvalue weighted by Crippen LogP contribution is 2.47. The fourth-order valence-electron chi connectivity index (χ4n) is 2.85. The minimum absolute atomic E-state index is 0.119. The van der Waals surface area contributed by atoms with Gasteiger partial charge in [-0.1, -0.05) is 41.3 Å². The molecule has 0 aromatic heterocycles. The first-order valence-electron chi connectivity index (χ1n) is 6.21. The van der Waals surface area contributed by atoms with Gasteiger partial charge in [-0.3, -0.25) is 4.79 Å². The Hall–Kier alpha value is -1.03. The third-order valence-corrected chi connectivity index (χ3v) is 4.58. The van der Waals surface area contributed by atoms with Crippen molar-refractivity contribution in [2.75, 3.05) is 0 Å². The summed E-state index contributed by atoms with van der Waals surface area (Å²) in [6.07, 6.45) is 4.05. The van der Waals surface area contributed by atoms with E-state index in [1.54, 1.807) is 13.0 Å². The molecule has 98 valence electrons. The number of phenolic OH excluding ortho intramolecular Hbond substituents is 1. The summed E-state index contributed by atoms with van der Waals surface area (Å²) in [7, 11) is 0. The lowest BCUT2D eigenvalue weighted by molar-refractivity contribution is -0.145. The summed E-state index contributed by atoms with van der Waals surface area (Å²) in [6.45, 7) is 1.80. The lowest BCUT2D eigenvalue weighted by Gasteiger charge is -2.35. The van der Waals surface area contributed by atoms with E-state index in [-0.39, 0.29) is 5.75 Å². The van der Waals surface area contributed by atoms with Crippen LogP contribution in [0.2, 0.25) is 0 Å². The first-order valence-corrected chi connectivity index (χ1v) is 7.00. The molecule has 1 fully saturated rings. The second kappa shape index (κ2) is 4.92. The third-order valence-electron chi connectivity index (χ3n) is 3.92. The molecule has 0 radical (unpaired) electrons. The molecule has 0 saturated heterocycles. The van der Waals surface area contributed by atoms with Gasteiger partial charge in [-0.2, -0.15) is 0 Å². The Morgan fingerprint density at radius 2 is 1.89 bits per heavy atom. The summed E-state index contributed by atoms with van der Waals surface area (Å²) in [5.41, 5.74) is 0.335. The highest BCUT2D eigenvalue weighted by atomic mass is 79.9. The maximum absolute atomic E-state index is 11.8. The molecule has 0 unspecified atom stereocenters. The van der Waals surface area contributed by atoms with E-state index in [0.29, 0.717) is 22.9 Å². The molecule has 2 N–H and O–H groups in total. The van der Waals surface area contributed by atoms with Gasteiger partial charge in [0.15, 0.2) is 0 Å². The van der Waals surface area contributed by atoms with Gasteiger partial charge in [-0.25, -0.2) is 0 Å². The van der Waals surface area contributed by atoms with Crippen LogP contribution >= 0.6 is 15.9 Å². The van der Waals surface area contributed by atoms with Gasteiger partial charge in [0, 0.05) is 10.0 Å². The number of carboxylic acid groups (broad SMARTS) is 1. The molecule has 0 amide bonds. The van der Waals surface area contributed by atoms with Crippen LogP contribution in [0.5, 0.6) is 5.75 Å². The number of aliphatic carboxylic acids is 1. The molecule has 1 saturated carbocycles. The SMILES string of the molecule is Cc1ccc(Br)c(C2(C(=O)O)CCCCC2)c1O. The zero-order valence-electron chi connectivity index (χ0n) is 10.4. The molecule has 0 atom stereocenters. The molecule has 1 aromatic rings. The maximum atomic E-state index is 11.8. The topological polar surface area (TPSA) is 57.5 Å². The number of hydrogen-bond acceptors (Lipinski definition) is 2. The van der Waals surface area contributed by atoms with Crippen molar-refractivity contribution in [2.45, 2.75) is 44.4 Å². The summed E-state index contributed by atoms with van der Waals surface area (Å²) < 4.78 is 0.690. The van der Waals surface area contributed by atoms with Crippen LogP contribution in [0, 0.1) is 6.92 Å². The van der Waals surface area contributed by atoms with Crippen molar-refractivity contribution in [1.82, 2.24) is 0 Å². The van der Waals surface area contributed by atoms with Gasteiger partial charge in [0.25, 0.3) is 0 Å². The lowest BCUT2D eigenvalue weighted by atomic mass is 9.69. The average Bonchev–Trinajstić information content (AvgIpc) is 2.35. The van der Waals surface area contributed by atoms with E-state index < -0.39 is 11.4 Å². The third kappa shape index (κ3) is 2.03. The van der Waals surface area contributed by atoms with Crippen LogP contribution in [0.25, 0.3) is 0 Å². The minimum atomic E-state index is -0.937. The van der Waals surface area contributed by atoms with Crippen LogP contribution in [0.4, 0.5) is 0 Å². The number of phenols is 1. The fourth-order valence-corrected chi connectivity index (χ4v) is 3.55. The van der Waals surface area contributed by atoms with Gasteiger partial charge in [0.1, 0.15) is 5.75 Å². The van der Waals surface area contributed by atoms with Crippen molar-refractivity contribution >= 4 is 21.9 Å². The number of benzene rings is 1. The van der Waals surface area contributed by atoms with Crippen molar-refractivity contribution < 1.29 is 15.0 Å². The maximum Gasteiger partial charge on any atom is 0.314 e. The van der Waals surface area contributed by atoms with E-state index in [1.807, 2.05) is 6.07 Å². The summed E-state index contributed by atoms with van der Waals surface area (Å²) in [6, 6.07) is 3.62. The van der Waals surface area contributed by atoms with Crippen molar-refractivity contribution in [2.24, 2.45) is 0 Å². The molecule has 18 heavy (non-hydrogen) atoms. The second-order valence-corrected chi connectivity index (χ2v) is 5.89. The molecule has 3 nitrogen and oxygen atoms in total. The predicted octanol–water partition coefficient (Wildman–Crippen LogP) is 3.75. The Kier molecular flexibility index (Phi) is 3.66. The van der Waals surface area contributed by atoms with Crippen LogP contribution in [-0.2, 0) is 10.2 Å². The standard InChI is InChI=1S/C14H17BrO3/c1-9-5-6-10(15)11(12(9)16)14(13(17)18)7-3-2-4-8-14/h5-6,16H,2-4,7-8H2,1H3,(H,17,18). The molecular formula is C14H17BrO3. The molecule has 4 heteroatoms. The summed E-state index contributed by atoms with van der Waals surface area (Å²) in [5, 5.41) is 19.9. The fraction of sp³-hybridized carbons (Fsp3) is 0.500. The highest BCUT2D eigenvalue weighted by Gasteiger charge is 2.44. The number of hydrogen-bond donors (Lipinski definition) is 2. The molecule has 1 aliphatic carbocycles. The molecule has 0 bridgehead atoms. The molecule has 1 aliphatic rings. The number of rotatable bonds is 2. The smallest absolute Gasteiger partial charge is 0.314 e. The minimum Gasteiger partial charge on any atom is -0.507 e.